The summed E-state index contributed by atoms with van der Waals surface area (Å²) in [6, 6.07) is -0.0372. The van der Waals surface area contributed by atoms with Gasteiger partial charge < -0.3 is 19.5 Å². The molecule has 6 rings (SSSR count). The van der Waals surface area contributed by atoms with Gasteiger partial charge in [-0.05, 0) is 82.0 Å². The number of aliphatic imine (C=N–C) groups is 1. The summed E-state index contributed by atoms with van der Waals surface area (Å²) in [5.41, 5.74) is 0.703. The lowest BCUT2D eigenvalue weighted by Gasteiger charge is -2.47. The summed E-state index contributed by atoms with van der Waals surface area (Å²) in [6.07, 6.45) is 9.80. The number of halogens is 1. The fourth-order valence-electron chi connectivity index (χ4n) is 9.55. The van der Waals surface area contributed by atoms with E-state index in [2.05, 4.69) is 12.2 Å². The first-order valence-corrected chi connectivity index (χ1v) is 18.8. The van der Waals surface area contributed by atoms with Crippen molar-refractivity contribution >= 4 is 21.8 Å². The van der Waals surface area contributed by atoms with Gasteiger partial charge in [-0.15, -0.1) is 0 Å². The zero-order valence-corrected chi connectivity index (χ0v) is 27.9. The average Bonchev–Trinajstić information content (AvgIpc) is 3.62. The smallest absolute Gasteiger partial charge is 0.250 e. The van der Waals surface area contributed by atoms with Gasteiger partial charge >= 0.3 is 0 Å². The van der Waals surface area contributed by atoms with Gasteiger partial charge in [-0.2, -0.15) is 0 Å². The Morgan fingerprint density at radius 1 is 1.02 bits per heavy atom. The van der Waals surface area contributed by atoms with Crippen LogP contribution in [-0.4, -0.2) is 88.6 Å². The summed E-state index contributed by atoms with van der Waals surface area (Å²) < 4.78 is 60.8. The van der Waals surface area contributed by atoms with E-state index in [9.17, 15) is 17.6 Å². The number of likely N-dealkylation sites (N-methyl/N-ethyl adjacent to an activating group) is 1. The van der Waals surface area contributed by atoms with Crippen molar-refractivity contribution in [1.29, 1.82) is 0 Å². The second-order valence-electron chi connectivity index (χ2n) is 14.5. The first kappa shape index (κ1) is 32.2. The lowest BCUT2D eigenvalue weighted by molar-refractivity contribution is -0.117. The molecule has 11 heteroatoms. The minimum absolute atomic E-state index is 0.0104. The molecule has 1 N–H and O–H groups in total. The number of rotatable bonds is 7. The molecule has 2 heterocycles. The topological polar surface area (TPSA) is 107 Å². The predicted octanol–water partition coefficient (Wildman–Crippen LogP) is 4.62. The number of nitrogens with zero attached hydrogens (tertiary/aromatic N) is 2. The monoisotopic (exact) mass is 637 g/mol. The Kier molecular flexibility index (Phi) is 9.39. The Morgan fingerprint density at radius 2 is 1.77 bits per heavy atom. The Labute approximate surface area is 262 Å². The van der Waals surface area contributed by atoms with Gasteiger partial charge in [0.15, 0.2) is 5.90 Å². The summed E-state index contributed by atoms with van der Waals surface area (Å²) in [5, 5.41) is 2.85. The van der Waals surface area contributed by atoms with Gasteiger partial charge in [-0.25, -0.2) is 22.1 Å². The lowest BCUT2D eigenvalue weighted by Crippen LogP contribution is -2.52. The van der Waals surface area contributed by atoms with Crippen molar-refractivity contribution in [3.05, 3.63) is 11.3 Å². The predicted molar refractivity (Wildman–Crippen MR) is 166 cm³/mol. The highest BCUT2D eigenvalue weighted by Gasteiger charge is 2.53. The fourth-order valence-corrected chi connectivity index (χ4v) is 10.3. The van der Waals surface area contributed by atoms with E-state index in [0.717, 1.165) is 43.8 Å². The molecule has 44 heavy (non-hydrogen) atoms. The van der Waals surface area contributed by atoms with Gasteiger partial charge in [0, 0.05) is 45.5 Å². The van der Waals surface area contributed by atoms with E-state index >= 15 is 0 Å². The Hall–Kier alpha value is -1.72. The van der Waals surface area contributed by atoms with E-state index in [4.69, 9.17) is 19.2 Å². The van der Waals surface area contributed by atoms with Crippen LogP contribution >= 0.6 is 0 Å². The molecule has 10 atom stereocenters. The molecule has 4 aliphatic carbocycles. The van der Waals surface area contributed by atoms with Crippen molar-refractivity contribution in [2.75, 3.05) is 27.5 Å². The molecule has 6 aliphatic rings. The number of nitrogens with one attached hydrogen (secondary N) is 1. The second kappa shape index (κ2) is 12.8. The Bertz CT molecular complexity index is 1250. The van der Waals surface area contributed by atoms with Gasteiger partial charge in [-0.1, -0.05) is 13.3 Å². The number of fused-ring (bicyclic) bond motifs is 2. The average molecular weight is 638 g/mol. The zero-order chi connectivity index (χ0) is 31.3. The molecule has 4 saturated carbocycles. The minimum atomic E-state index is -3.47. The number of carbonyl (C=O) groups excluding carboxylic acids is 1. The van der Waals surface area contributed by atoms with Crippen LogP contribution in [0.2, 0.25) is 0 Å². The highest BCUT2D eigenvalue weighted by Crippen LogP contribution is 2.52. The Balaban J connectivity index is 1.30. The molecule has 0 spiro atoms. The van der Waals surface area contributed by atoms with Gasteiger partial charge in [0.2, 0.25) is 10.0 Å². The van der Waals surface area contributed by atoms with Gasteiger partial charge in [0.25, 0.3) is 5.91 Å². The van der Waals surface area contributed by atoms with Crippen LogP contribution in [0.25, 0.3) is 0 Å². The molecule has 0 radical (unpaired) electrons. The normalized spacial score (nSPS) is 42.7. The maximum absolute atomic E-state index is 14.0. The number of methoxy groups -OCH3 is 1. The van der Waals surface area contributed by atoms with Crippen molar-refractivity contribution in [2.45, 2.75) is 121 Å². The van der Waals surface area contributed by atoms with Crippen LogP contribution in [0.15, 0.2) is 16.3 Å². The summed E-state index contributed by atoms with van der Waals surface area (Å²) in [5.74, 6) is 2.07. The van der Waals surface area contributed by atoms with Crippen LogP contribution in [0.3, 0.4) is 0 Å². The molecule has 2 aliphatic heterocycles. The molecule has 10 unspecified atom stereocenters. The molecule has 0 bridgehead atoms. The molecule has 0 aromatic carbocycles. The van der Waals surface area contributed by atoms with Crippen molar-refractivity contribution in [1.82, 2.24) is 9.62 Å². The second-order valence-corrected chi connectivity index (χ2v) is 16.6. The first-order valence-electron chi connectivity index (χ1n) is 17.0. The molecule has 0 aromatic heterocycles. The SMILES string of the molecule is CNC(=O)C1=C(C2CCC(F)CC2)OC2CC(N(C)S(C)(=O)=O)C(C3CCC(OC)C(C4=NC5CCCC(C)C5O4)C3)CC12. The number of allylic oxidation sites excluding steroid dienone is 1. The molecule has 0 saturated heterocycles. The molecule has 1 amide bonds. The van der Waals surface area contributed by atoms with E-state index < -0.39 is 16.2 Å². The number of sulfonamides is 1. The van der Waals surface area contributed by atoms with Crippen molar-refractivity contribution in [3.8, 4) is 0 Å². The third-order valence-corrected chi connectivity index (χ3v) is 13.4. The van der Waals surface area contributed by atoms with E-state index in [0.29, 0.717) is 50.0 Å². The van der Waals surface area contributed by atoms with Gasteiger partial charge in [0.1, 0.15) is 24.1 Å². The number of hydrogen-bond donors (Lipinski definition) is 1. The van der Waals surface area contributed by atoms with Crippen LogP contribution < -0.4 is 5.32 Å². The summed E-state index contributed by atoms with van der Waals surface area (Å²) in [7, 11) is 1.63. The third kappa shape index (κ3) is 6.06. The van der Waals surface area contributed by atoms with Gasteiger partial charge in [-0.3, -0.25) is 4.79 Å². The number of hydrogen-bond acceptors (Lipinski definition) is 7. The molecule has 9 nitrogen and oxygen atoms in total. The number of carbonyl (C=O) groups is 1. The fraction of sp³-hybridized carbons (Fsp3) is 0.879. The largest absolute Gasteiger partial charge is 0.493 e. The maximum atomic E-state index is 14.0. The van der Waals surface area contributed by atoms with Crippen LogP contribution in [0.1, 0.15) is 84.0 Å². The highest BCUT2D eigenvalue weighted by molar-refractivity contribution is 7.88. The summed E-state index contributed by atoms with van der Waals surface area (Å²) >= 11 is 0. The third-order valence-electron chi connectivity index (χ3n) is 12.0. The summed E-state index contributed by atoms with van der Waals surface area (Å²) in [4.78, 5) is 18.5. The van der Waals surface area contributed by atoms with Crippen molar-refractivity contribution in [2.24, 2.45) is 40.5 Å². The number of ether oxygens (including phenoxy) is 3. The van der Waals surface area contributed by atoms with Crippen LogP contribution in [0.5, 0.6) is 0 Å². The molecular formula is C33H52FN3O6S. The Morgan fingerprint density at radius 3 is 2.43 bits per heavy atom. The lowest BCUT2D eigenvalue weighted by atomic mass is 9.63. The quantitative estimate of drug-likeness (QED) is 0.437. The highest BCUT2D eigenvalue weighted by atomic mass is 32.2. The standard InChI is InChI=1S/C33H52FN3O6S/c1-18-7-6-8-25-30(18)43-33(36-25)24-15-20(11-14-27(24)41-4)22-16-23-28(17-26(22)37(3)44(5,39)40)42-31(29(23)32(38)35-2)19-9-12-21(34)13-10-19/h18-28,30H,6-17H2,1-5H3,(H,35,38). The van der Waals surface area contributed by atoms with E-state index in [1.165, 1.54) is 12.7 Å². The molecule has 0 aromatic rings. The minimum Gasteiger partial charge on any atom is -0.493 e. The van der Waals surface area contributed by atoms with Gasteiger partial charge in [0.05, 0.1) is 29.9 Å². The maximum Gasteiger partial charge on any atom is 0.250 e. The molecule has 4 fully saturated rings. The molecular weight excluding hydrogens is 585 g/mol. The van der Waals surface area contributed by atoms with Crippen LogP contribution in [-0.2, 0) is 29.0 Å². The van der Waals surface area contributed by atoms with E-state index in [1.54, 1.807) is 25.5 Å². The molecule has 248 valence electrons. The van der Waals surface area contributed by atoms with Crippen LogP contribution in [0.4, 0.5) is 4.39 Å². The number of alkyl halides is 1. The van der Waals surface area contributed by atoms with E-state index in [-0.39, 0.29) is 65.9 Å². The van der Waals surface area contributed by atoms with Crippen molar-refractivity contribution < 1.29 is 31.8 Å². The number of amides is 1. The zero-order valence-electron chi connectivity index (χ0n) is 27.0. The summed E-state index contributed by atoms with van der Waals surface area (Å²) in [6.45, 7) is 2.26. The van der Waals surface area contributed by atoms with E-state index in [1.807, 2.05) is 0 Å². The van der Waals surface area contributed by atoms with Crippen LogP contribution in [0, 0.1) is 35.5 Å². The van der Waals surface area contributed by atoms with Crippen molar-refractivity contribution in [3.63, 3.8) is 0 Å². The first-order chi connectivity index (χ1) is 21.0.